The van der Waals surface area contributed by atoms with Gasteiger partial charge in [-0.1, -0.05) is 41.8 Å². The van der Waals surface area contributed by atoms with Crippen molar-refractivity contribution >= 4 is 93.0 Å². The van der Waals surface area contributed by atoms with Crippen LogP contribution in [0.2, 0.25) is 10.0 Å². The molecule has 1 aliphatic rings. The number of hydrogen-bond acceptors (Lipinski definition) is 5. The van der Waals surface area contributed by atoms with Crippen LogP contribution in [0.15, 0.2) is 64.4 Å². The second-order valence-corrected chi connectivity index (χ2v) is 15.0. The Labute approximate surface area is 252 Å². The Morgan fingerprint density at radius 3 is 2.20 bits per heavy atom. The molecule has 2 heterocycles. The molecule has 0 fully saturated rings. The maximum atomic E-state index is 13.6. The predicted octanol–water partition coefficient (Wildman–Crippen LogP) is 10.1. The lowest BCUT2D eigenvalue weighted by Crippen LogP contribution is -2.15. The zero-order valence-corrected chi connectivity index (χ0v) is 26.3. The first-order valence-electron chi connectivity index (χ1n) is 13.1. The molecule has 9 heteroatoms. The van der Waals surface area contributed by atoms with Crippen LogP contribution in [0.25, 0.3) is 25.7 Å². The van der Waals surface area contributed by atoms with Crippen molar-refractivity contribution in [3.05, 3.63) is 91.8 Å². The van der Waals surface area contributed by atoms with Crippen LogP contribution < -0.4 is 10.0 Å². The third-order valence-electron chi connectivity index (χ3n) is 7.49. The third-order valence-corrected chi connectivity index (χ3v) is 12.6. The molecular weight excluding hydrogens is 599 g/mol. The molecule has 0 atom stereocenters. The van der Waals surface area contributed by atoms with Crippen LogP contribution in [0.3, 0.4) is 0 Å². The number of benzene rings is 3. The number of halogens is 2. The number of rotatable bonds is 9. The topological polar surface area (TPSA) is 58.2 Å². The number of anilines is 2. The first kappa shape index (κ1) is 27.6. The lowest BCUT2D eigenvalue weighted by Gasteiger charge is -2.15. The van der Waals surface area contributed by atoms with Crippen LogP contribution >= 0.6 is 45.9 Å². The molecule has 2 aromatic heterocycles. The van der Waals surface area contributed by atoms with Crippen LogP contribution in [0.5, 0.6) is 0 Å². The fourth-order valence-corrected chi connectivity index (χ4v) is 9.55. The fourth-order valence-electron chi connectivity index (χ4n) is 5.19. The van der Waals surface area contributed by atoms with E-state index in [1.807, 2.05) is 43.3 Å². The van der Waals surface area contributed by atoms with Gasteiger partial charge in [0.2, 0.25) is 0 Å². The van der Waals surface area contributed by atoms with Gasteiger partial charge in [-0.2, -0.15) is 0 Å². The minimum atomic E-state index is -3.82. The summed E-state index contributed by atoms with van der Waals surface area (Å²) in [6.07, 6.45) is 2.88. The molecule has 0 bridgehead atoms. The largest absolute Gasteiger partial charge is 0.383 e. The van der Waals surface area contributed by atoms with Crippen LogP contribution in [0.1, 0.15) is 41.3 Å². The van der Waals surface area contributed by atoms with Gasteiger partial charge in [-0.25, -0.2) is 8.42 Å². The molecule has 0 radical (unpaired) electrons. The standard InChI is InChI=1S/C31H28Cl2N2O2S3/c1-4-19-13-25(19)20-5-8-26(35-40(36,37)31-18(3)24-16-22(33)7-10-30(24)39-31)27(14-20)34-12-11-28-17(2)23-15-21(32)6-9-29(23)38-28/h5-10,14-16,34-35H,4,11-13H2,1-3H3. The molecule has 0 saturated carbocycles. The molecule has 0 unspecified atom stereocenters. The highest BCUT2D eigenvalue weighted by Crippen LogP contribution is 2.44. The number of allylic oxidation sites excluding steroid dienone is 2. The van der Waals surface area contributed by atoms with E-state index in [1.165, 1.54) is 43.0 Å². The molecule has 5 aromatic rings. The highest BCUT2D eigenvalue weighted by Gasteiger charge is 2.25. The first-order chi connectivity index (χ1) is 19.1. The summed E-state index contributed by atoms with van der Waals surface area (Å²) in [7, 11) is -3.82. The quantitative estimate of drug-likeness (QED) is 0.171. The minimum absolute atomic E-state index is 0.303. The number of nitrogens with one attached hydrogen (secondary N) is 2. The molecule has 3 aromatic carbocycles. The van der Waals surface area contributed by atoms with Crippen molar-refractivity contribution in [1.29, 1.82) is 0 Å². The van der Waals surface area contributed by atoms with E-state index < -0.39 is 10.0 Å². The predicted molar refractivity (Wildman–Crippen MR) is 174 cm³/mol. The number of aryl methyl sites for hydroxylation is 2. The fraction of sp³-hybridized carbons (Fsp3) is 0.226. The van der Waals surface area contributed by atoms with E-state index in [0.717, 1.165) is 45.6 Å². The number of fused-ring (bicyclic) bond motifs is 2. The van der Waals surface area contributed by atoms with Gasteiger partial charge in [-0.15, -0.1) is 22.7 Å². The van der Waals surface area contributed by atoms with Crippen molar-refractivity contribution in [2.75, 3.05) is 16.6 Å². The van der Waals surface area contributed by atoms with Gasteiger partial charge < -0.3 is 5.32 Å². The van der Waals surface area contributed by atoms with Gasteiger partial charge in [0.1, 0.15) is 4.21 Å². The highest BCUT2D eigenvalue weighted by molar-refractivity contribution is 7.95. The summed E-state index contributed by atoms with van der Waals surface area (Å²) in [5.74, 6) is 0. The highest BCUT2D eigenvalue weighted by atomic mass is 35.5. The maximum absolute atomic E-state index is 13.6. The molecular formula is C31H28Cl2N2O2S3. The van der Waals surface area contributed by atoms with Gasteiger partial charge in [0, 0.05) is 30.9 Å². The summed E-state index contributed by atoms with van der Waals surface area (Å²) in [4.78, 5) is 1.29. The molecule has 0 saturated heterocycles. The Morgan fingerprint density at radius 2 is 1.52 bits per heavy atom. The summed E-state index contributed by atoms with van der Waals surface area (Å²) in [6, 6.07) is 17.5. The number of hydrogen-bond donors (Lipinski definition) is 2. The molecule has 1 aliphatic carbocycles. The molecule has 4 nitrogen and oxygen atoms in total. The first-order valence-corrected chi connectivity index (χ1v) is 17.0. The van der Waals surface area contributed by atoms with Crippen LogP contribution in [-0.4, -0.2) is 15.0 Å². The Kier molecular flexibility index (Phi) is 7.38. The second-order valence-electron chi connectivity index (χ2n) is 10.1. The molecule has 206 valence electrons. The summed E-state index contributed by atoms with van der Waals surface area (Å²) < 4.78 is 32.6. The SMILES string of the molecule is CCC1=C(c2ccc(NS(=O)(=O)c3sc4ccc(Cl)cc4c3C)c(NCCc3sc4ccc(Cl)cc4c3C)c2)C1. The van der Waals surface area contributed by atoms with Crippen molar-refractivity contribution in [3.63, 3.8) is 0 Å². The molecule has 40 heavy (non-hydrogen) atoms. The average molecular weight is 628 g/mol. The Morgan fingerprint density at radius 1 is 0.850 bits per heavy atom. The van der Waals surface area contributed by atoms with Crippen molar-refractivity contribution in [2.24, 2.45) is 0 Å². The molecule has 0 amide bonds. The zero-order chi connectivity index (χ0) is 28.2. The summed E-state index contributed by atoms with van der Waals surface area (Å²) in [5.41, 5.74) is 7.22. The van der Waals surface area contributed by atoms with Gasteiger partial charge >= 0.3 is 0 Å². The zero-order valence-electron chi connectivity index (χ0n) is 22.3. The van der Waals surface area contributed by atoms with Gasteiger partial charge in [0.25, 0.3) is 10.0 Å². The Balaban J connectivity index is 1.29. The smallest absolute Gasteiger partial charge is 0.271 e. The van der Waals surface area contributed by atoms with E-state index in [9.17, 15) is 8.42 Å². The number of sulfonamides is 1. The van der Waals surface area contributed by atoms with Crippen LogP contribution in [-0.2, 0) is 16.4 Å². The minimum Gasteiger partial charge on any atom is -0.383 e. The second kappa shape index (κ2) is 10.7. The van der Waals surface area contributed by atoms with Crippen molar-refractivity contribution < 1.29 is 8.42 Å². The summed E-state index contributed by atoms with van der Waals surface area (Å²) >= 11 is 15.5. The molecule has 6 rings (SSSR count). The Bertz CT molecular complexity index is 1940. The monoisotopic (exact) mass is 626 g/mol. The van der Waals surface area contributed by atoms with Crippen molar-refractivity contribution in [2.45, 2.75) is 44.2 Å². The average Bonchev–Trinajstić information content (AvgIpc) is 3.56. The summed E-state index contributed by atoms with van der Waals surface area (Å²) in [6.45, 7) is 6.81. The molecule has 2 N–H and O–H groups in total. The lowest BCUT2D eigenvalue weighted by molar-refractivity contribution is 0.603. The van der Waals surface area contributed by atoms with E-state index in [0.29, 0.717) is 27.0 Å². The molecule has 0 aliphatic heterocycles. The van der Waals surface area contributed by atoms with Gasteiger partial charge in [0.15, 0.2) is 0 Å². The van der Waals surface area contributed by atoms with E-state index in [4.69, 9.17) is 23.2 Å². The van der Waals surface area contributed by atoms with Gasteiger partial charge in [0.05, 0.1) is 11.4 Å². The molecule has 0 spiro atoms. The van der Waals surface area contributed by atoms with Gasteiger partial charge in [-0.05, 0) is 115 Å². The summed E-state index contributed by atoms with van der Waals surface area (Å²) in [5, 5.41) is 6.92. The van der Waals surface area contributed by atoms with Crippen LogP contribution in [0.4, 0.5) is 11.4 Å². The van der Waals surface area contributed by atoms with E-state index in [1.54, 1.807) is 17.4 Å². The van der Waals surface area contributed by atoms with Gasteiger partial charge in [-0.3, -0.25) is 4.72 Å². The maximum Gasteiger partial charge on any atom is 0.271 e. The number of thiophene rings is 2. The van der Waals surface area contributed by atoms with Crippen molar-refractivity contribution in [1.82, 2.24) is 0 Å². The third kappa shape index (κ3) is 5.26. The van der Waals surface area contributed by atoms with E-state index in [-0.39, 0.29) is 0 Å². The lowest BCUT2D eigenvalue weighted by atomic mass is 10.1. The normalized spacial score (nSPS) is 13.4. The van der Waals surface area contributed by atoms with Crippen LogP contribution in [0, 0.1) is 13.8 Å². The van der Waals surface area contributed by atoms with Crippen molar-refractivity contribution in [3.8, 4) is 0 Å². The van der Waals surface area contributed by atoms with E-state index in [2.05, 4.69) is 36.0 Å². The Hall–Kier alpha value is -2.55. The van der Waals surface area contributed by atoms with E-state index >= 15 is 0 Å².